The smallest absolute Gasteiger partial charge is 0.345 e. The molecule has 2 aromatic heterocycles. The van der Waals surface area contributed by atoms with Crippen LogP contribution in [0.15, 0.2) is 41.4 Å². The van der Waals surface area contributed by atoms with Crippen LogP contribution in [0.1, 0.15) is 21.7 Å². The standard InChI is InChI=1S/C17H15ClF3N5O3S/c1-25(2)30(28,29)12-5-3-4-10(6-12)16(27)22-8-14-23-24-15-13(17(19,20)21)7-11(18)9-26(14)15/h3-7,9H,8H2,1-2H3,(H,22,27). The molecule has 1 N–H and O–H groups in total. The number of nitrogens with one attached hydrogen (secondary N) is 1. The number of benzene rings is 1. The van der Waals surface area contributed by atoms with Gasteiger partial charge in [-0.05, 0) is 24.3 Å². The number of carbonyl (C=O) groups excluding carboxylic acids is 1. The van der Waals surface area contributed by atoms with Gasteiger partial charge in [-0.25, -0.2) is 12.7 Å². The second-order valence-electron chi connectivity index (χ2n) is 6.38. The summed E-state index contributed by atoms with van der Waals surface area (Å²) in [4.78, 5) is 12.4. The van der Waals surface area contributed by atoms with Crippen LogP contribution in [0.4, 0.5) is 13.2 Å². The summed E-state index contributed by atoms with van der Waals surface area (Å²) >= 11 is 5.78. The third kappa shape index (κ3) is 4.25. The Balaban J connectivity index is 1.86. The molecule has 3 rings (SSSR count). The Labute approximate surface area is 174 Å². The zero-order valence-electron chi connectivity index (χ0n) is 15.6. The first-order chi connectivity index (χ1) is 13.9. The number of amides is 1. The van der Waals surface area contributed by atoms with Crippen LogP contribution >= 0.6 is 11.6 Å². The number of aromatic nitrogens is 3. The van der Waals surface area contributed by atoms with Crippen LogP contribution in [0.25, 0.3) is 5.65 Å². The minimum Gasteiger partial charge on any atom is -0.345 e. The molecule has 0 aliphatic rings. The number of halogens is 4. The number of alkyl halides is 3. The van der Waals surface area contributed by atoms with Crippen molar-refractivity contribution in [3.63, 3.8) is 0 Å². The van der Waals surface area contributed by atoms with Gasteiger partial charge in [0.05, 0.1) is 16.5 Å². The molecule has 0 radical (unpaired) electrons. The number of hydrogen-bond donors (Lipinski definition) is 1. The molecule has 0 atom stereocenters. The van der Waals surface area contributed by atoms with Crippen molar-refractivity contribution in [2.45, 2.75) is 17.6 Å². The first-order valence-electron chi connectivity index (χ1n) is 8.32. The van der Waals surface area contributed by atoms with E-state index in [2.05, 4.69) is 15.5 Å². The lowest BCUT2D eigenvalue weighted by Crippen LogP contribution is -2.25. The Morgan fingerprint density at radius 2 is 1.93 bits per heavy atom. The fraction of sp³-hybridized carbons (Fsp3) is 0.235. The molecule has 2 heterocycles. The van der Waals surface area contributed by atoms with Crippen molar-refractivity contribution in [1.29, 1.82) is 0 Å². The molecule has 0 aliphatic heterocycles. The lowest BCUT2D eigenvalue weighted by molar-refractivity contribution is -0.136. The monoisotopic (exact) mass is 461 g/mol. The predicted molar refractivity (Wildman–Crippen MR) is 101 cm³/mol. The molecular formula is C17H15ClF3N5O3S. The van der Waals surface area contributed by atoms with Crippen molar-refractivity contribution in [2.24, 2.45) is 0 Å². The summed E-state index contributed by atoms with van der Waals surface area (Å²) in [6, 6.07) is 6.10. The van der Waals surface area contributed by atoms with Crippen molar-refractivity contribution < 1.29 is 26.4 Å². The molecular weight excluding hydrogens is 447 g/mol. The number of carbonyl (C=O) groups is 1. The van der Waals surface area contributed by atoms with E-state index in [1.165, 1.54) is 44.6 Å². The van der Waals surface area contributed by atoms with Gasteiger partial charge in [-0.3, -0.25) is 9.20 Å². The topological polar surface area (TPSA) is 96.7 Å². The average Bonchev–Trinajstić information content (AvgIpc) is 3.07. The quantitative estimate of drug-likeness (QED) is 0.630. The number of pyridine rings is 1. The minimum atomic E-state index is -4.68. The maximum absolute atomic E-state index is 13.2. The molecule has 1 aromatic carbocycles. The predicted octanol–water partition coefficient (Wildman–Crippen LogP) is 2.58. The number of sulfonamides is 1. The number of nitrogens with zero attached hydrogens (tertiary/aromatic N) is 4. The summed E-state index contributed by atoms with van der Waals surface area (Å²) in [6.45, 7) is -0.262. The van der Waals surface area contributed by atoms with Gasteiger partial charge in [0, 0.05) is 25.9 Å². The van der Waals surface area contributed by atoms with Gasteiger partial charge < -0.3 is 5.32 Å². The van der Waals surface area contributed by atoms with E-state index in [9.17, 15) is 26.4 Å². The van der Waals surface area contributed by atoms with Gasteiger partial charge in [-0.2, -0.15) is 13.2 Å². The van der Waals surface area contributed by atoms with Crippen LogP contribution in [0, 0.1) is 0 Å². The zero-order valence-corrected chi connectivity index (χ0v) is 17.2. The van der Waals surface area contributed by atoms with Crippen molar-refractivity contribution in [3.05, 3.63) is 58.5 Å². The molecule has 0 fully saturated rings. The number of rotatable bonds is 5. The van der Waals surface area contributed by atoms with Gasteiger partial charge >= 0.3 is 6.18 Å². The molecule has 3 aromatic rings. The molecule has 30 heavy (non-hydrogen) atoms. The molecule has 0 unspecified atom stereocenters. The summed E-state index contributed by atoms with van der Waals surface area (Å²) in [7, 11) is -1.02. The Kier molecular flexibility index (Phi) is 5.76. The molecule has 0 saturated heterocycles. The number of fused-ring (bicyclic) bond motifs is 1. The van der Waals surface area contributed by atoms with E-state index in [4.69, 9.17) is 11.6 Å². The third-order valence-electron chi connectivity index (χ3n) is 4.13. The molecule has 0 bridgehead atoms. The van der Waals surface area contributed by atoms with Gasteiger partial charge in [-0.1, -0.05) is 17.7 Å². The normalized spacial score (nSPS) is 12.5. The van der Waals surface area contributed by atoms with E-state index in [0.717, 1.165) is 14.8 Å². The van der Waals surface area contributed by atoms with E-state index in [-0.39, 0.29) is 27.9 Å². The van der Waals surface area contributed by atoms with Crippen LogP contribution in [0.3, 0.4) is 0 Å². The summed E-state index contributed by atoms with van der Waals surface area (Å²) in [5.74, 6) is -0.621. The lowest BCUT2D eigenvalue weighted by atomic mass is 10.2. The maximum atomic E-state index is 13.2. The van der Waals surface area contributed by atoms with Crippen molar-refractivity contribution in [2.75, 3.05) is 14.1 Å². The molecule has 13 heteroatoms. The van der Waals surface area contributed by atoms with Crippen molar-refractivity contribution in [3.8, 4) is 0 Å². The average molecular weight is 462 g/mol. The SMILES string of the molecule is CN(C)S(=O)(=O)c1cccc(C(=O)NCc2nnc3c(C(F)(F)F)cc(Cl)cn23)c1. The van der Waals surface area contributed by atoms with E-state index >= 15 is 0 Å². The summed E-state index contributed by atoms with van der Waals surface area (Å²) < 4.78 is 66.0. The Morgan fingerprint density at radius 3 is 2.57 bits per heavy atom. The highest BCUT2D eigenvalue weighted by Gasteiger charge is 2.35. The van der Waals surface area contributed by atoms with Crippen LogP contribution in [-0.4, -0.2) is 47.3 Å². The maximum Gasteiger partial charge on any atom is 0.420 e. The third-order valence-corrected chi connectivity index (χ3v) is 6.15. The molecule has 1 amide bonds. The van der Waals surface area contributed by atoms with Crippen molar-refractivity contribution in [1.82, 2.24) is 24.2 Å². The molecule has 0 spiro atoms. The molecule has 0 aliphatic carbocycles. The zero-order chi connectivity index (χ0) is 22.3. The number of hydrogen-bond acceptors (Lipinski definition) is 5. The van der Waals surface area contributed by atoms with Crippen LogP contribution in [-0.2, 0) is 22.7 Å². The highest BCUT2D eigenvalue weighted by atomic mass is 35.5. The highest BCUT2D eigenvalue weighted by molar-refractivity contribution is 7.89. The van der Waals surface area contributed by atoms with E-state index in [1.54, 1.807) is 0 Å². The Bertz CT molecular complexity index is 1230. The first-order valence-corrected chi connectivity index (χ1v) is 10.1. The molecule has 160 valence electrons. The Morgan fingerprint density at radius 1 is 1.23 bits per heavy atom. The van der Waals surface area contributed by atoms with E-state index in [0.29, 0.717) is 0 Å². The second kappa shape index (κ2) is 7.85. The fourth-order valence-electron chi connectivity index (χ4n) is 2.61. The lowest BCUT2D eigenvalue weighted by Gasteiger charge is -2.12. The fourth-order valence-corrected chi connectivity index (χ4v) is 3.76. The van der Waals surface area contributed by atoms with Crippen molar-refractivity contribution >= 4 is 33.2 Å². The largest absolute Gasteiger partial charge is 0.420 e. The van der Waals surface area contributed by atoms with Gasteiger partial charge in [0.15, 0.2) is 11.5 Å². The second-order valence-corrected chi connectivity index (χ2v) is 8.97. The highest BCUT2D eigenvalue weighted by Crippen LogP contribution is 2.33. The summed E-state index contributed by atoms with van der Waals surface area (Å²) in [5, 5.41) is 9.54. The van der Waals surface area contributed by atoms with Crippen LogP contribution < -0.4 is 5.32 Å². The Hall–Kier alpha value is -2.70. The van der Waals surface area contributed by atoms with E-state index < -0.39 is 33.3 Å². The van der Waals surface area contributed by atoms with Gasteiger partial charge in [-0.15, -0.1) is 10.2 Å². The molecule has 8 nitrogen and oxygen atoms in total. The van der Waals surface area contributed by atoms with Gasteiger partial charge in [0.1, 0.15) is 5.56 Å². The first kappa shape index (κ1) is 22.0. The minimum absolute atomic E-state index is 0.0171. The summed E-state index contributed by atoms with van der Waals surface area (Å²) in [6.07, 6.45) is -3.48. The van der Waals surface area contributed by atoms with Crippen LogP contribution in [0.5, 0.6) is 0 Å². The van der Waals surface area contributed by atoms with E-state index in [1.807, 2.05) is 0 Å². The van der Waals surface area contributed by atoms with Crippen LogP contribution in [0.2, 0.25) is 5.02 Å². The van der Waals surface area contributed by atoms with Gasteiger partial charge in [0.25, 0.3) is 5.91 Å². The molecule has 0 saturated carbocycles. The van der Waals surface area contributed by atoms with Gasteiger partial charge in [0.2, 0.25) is 10.0 Å². The summed E-state index contributed by atoms with van der Waals surface area (Å²) in [5.41, 5.74) is -1.45.